The van der Waals surface area contributed by atoms with Gasteiger partial charge in [0.05, 0.1) is 19.9 Å². The molecular formula is C15H14F3N5O2. The molecule has 0 aliphatic heterocycles. The number of alkyl halides is 3. The van der Waals surface area contributed by atoms with E-state index in [1.807, 2.05) is 6.20 Å². The van der Waals surface area contributed by atoms with Gasteiger partial charge < -0.3 is 9.36 Å². The molecule has 3 rings (SSSR count). The van der Waals surface area contributed by atoms with Gasteiger partial charge in [-0.15, -0.1) is 0 Å². The van der Waals surface area contributed by atoms with Crippen molar-refractivity contribution >= 4 is 0 Å². The van der Waals surface area contributed by atoms with Gasteiger partial charge in [0.1, 0.15) is 0 Å². The second-order valence-electron chi connectivity index (χ2n) is 5.19. The zero-order chi connectivity index (χ0) is 17.9. The molecule has 1 aromatic carbocycles. The lowest BCUT2D eigenvalue weighted by Gasteiger charge is -2.03. The van der Waals surface area contributed by atoms with Crippen LogP contribution in [0.1, 0.15) is 17.0 Å². The van der Waals surface area contributed by atoms with Gasteiger partial charge in [0.15, 0.2) is 0 Å². The van der Waals surface area contributed by atoms with Crippen molar-refractivity contribution in [1.29, 1.82) is 0 Å². The van der Waals surface area contributed by atoms with E-state index in [0.29, 0.717) is 18.7 Å². The van der Waals surface area contributed by atoms with Gasteiger partial charge in [0.2, 0.25) is 5.82 Å². The molecule has 10 heteroatoms. The quantitative estimate of drug-likeness (QED) is 0.687. The maximum absolute atomic E-state index is 12.5. The number of benzene rings is 1. The second kappa shape index (κ2) is 7.03. The number of nitrogens with one attached hydrogen (secondary N) is 1. The minimum Gasteiger partial charge on any atom is -0.329 e. The Hall–Kier alpha value is -2.72. The SMILES string of the molecule is CONCc1cnn(Cc2ccc(-c3noc(C(F)(F)F)n3)cc2)c1. The number of hydroxylamine groups is 1. The number of rotatable bonds is 6. The van der Waals surface area contributed by atoms with Crippen LogP contribution in [-0.4, -0.2) is 27.0 Å². The summed E-state index contributed by atoms with van der Waals surface area (Å²) < 4.78 is 43.4. The highest BCUT2D eigenvalue weighted by Gasteiger charge is 2.38. The molecule has 0 fully saturated rings. The first kappa shape index (κ1) is 17.1. The van der Waals surface area contributed by atoms with Crippen LogP contribution in [0.5, 0.6) is 0 Å². The molecule has 1 N–H and O–H groups in total. The minimum atomic E-state index is -4.65. The normalized spacial score (nSPS) is 11.8. The number of hydrogen-bond acceptors (Lipinski definition) is 6. The molecule has 0 radical (unpaired) electrons. The highest BCUT2D eigenvalue weighted by atomic mass is 19.4. The molecule has 7 nitrogen and oxygen atoms in total. The van der Waals surface area contributed by atoms with E-state index in [-0.39, 0.29) is 5.82 Å². The van der Waals surface area contributed by atoms with Crippen LogP contribution in [0.25, 0.3) is 11.4 Å². The van der Waals surface area contributed by atoms with Gasteiger partial charge in [-0.25, -0.2) is 0 Å². The van der Waals surface area contributed by atoms with E-state index in [9.17, 15) is 13.2 Å². The Bertz CT molecular complexity index is 826. The summed E-state index contributed by atoms with van der Waals surface area (Å²) in [6.07, 6.45) is -1.06. The summed E-state index contributed by atoms with van der Waals surface area (Å²) in [6.45, 7) is 1.06. The fourth-order valence-electron chi connectivity index (χ4n) is 2.14. The zero-order valence-electron chi connectivity index (χ0n) is 13.1. The fraction of sp³-hybridized carbons (Fsp3) is 0.267. The van der Waals surface area contributed by atoms with Crippen molar-refractivity contribution in [3.63, 3.8) is 0 Å². The molecule has 132 valence electrons. The van der Waals surface area contributed by atoms with Crippen LogP contribution >= 0.6 is 0 Å². The summed E-state index contributed by atoms with van der Waals surface area (Å²) >= 11 is 0. The van der Waals surface area contributed by atoms with E-state index >= 15 is 0 Å². The number of halogens is 3. The second-order valence-corrected chi connectivity index (χ2v) is 5.19. The topological polar surface area (TPSA) is 78.0 Å². The summed E-state index contributed by atoms with van der Waals surface area (Å²) in [6, 6.07) is 6.82. The van der Waals surface area contributed by atoms with Crippen molar-refractivity contribution in [2.24, 2.45) is 0 Å². The molecule has 2 heterocycles. The number of nitrogens with zero attached hydrogens (tertiary/aromatic N) is 4. The summed E-state index contributed by atoms with van der Waals surface area (Å²) in [5.74, 6) is -1.47. The third-order valence-electron chi connectivity index (χ3n) is 3.33. The van der Waals surface area contributed by atoms with Crippen LogP contribution in [0.15, 0.2) is 41.2 Å². The van der Waals surface area contributed by atoms with Crippen molar-refractivity contribution in [3.8, 4) is 11.4 Å². The Kier molecular flexibility index (Phi) is 4.81. The molecule has 0 unspecified atom stereocenters. The monoisotopic (exact) mass is 353 g/mol. The molecule has 25 heavy (non-hydrogen) atoms. The summed E-state index contributed by atoms with van der Waals surface area (Å²) in [4.78, 5) is 8.13. The third-order valence-corrected chi connectivity index (χ3v) is 3.33. The van der Waals surface area contributed by atoms with Crippen LogP contribution in [0.4, 0.5) is 13.2 Å². The van der Waals surface area contributed by atoms with Gasteiger partial charge in [0, 0.05) is 23.9 Å². The lowest BCUT2D eigenvalue weighted by molar-refractivity contribution is -0.159. The van der Waals surface area contributed by atoms with E-state index in [0.717, 1.165) is 11.1 Å². The maximum atomic E-state index is 12.5. The molecule has 0 atom stereocenters. The molecule has 0 amide bonds. The highest BCUT2D eigenvalue weighted by Crippen LogP contribution is 2.29. The van der Waals surface area contributed by atoms with Gasteiger partial charge in [0.25, 0.3) is 0 Å². The Morgan fingerprint density at radius 1 is 1.20 bits per heavy atom. The Morgan fingerprint density at radius 3 is 2.60 bits per heavy atom. The van der Waals surface area contributed by atoms with Crippen molar-refractivity contribution in [2.45, 2.75) is 19.3 Å². The predicted molar refractivity (Wildman–Crippen MR) is 79.9 cm³/mol. The summed E-state index contributed by atoms with van der Waals surface area (Å²) in [7, 11) is 1.54. The van der Waals surface area contributed by atoms with E-state index in [1.54, 1.807) is 35.1 Å². The maximum Gasteiger partial charge on any atom is 0.471 e. The van der Waals surface area contributed by atoms with E-state index in [1.165, 1.54) is 7.11 Å². The largest absolute Gasteiger partial charge is 0.471 e. The molecule has 0 saturated carbocycles. The minimum absolute atomic E-state index is 0.106. The number of aromatic nitrogens is 4. The van der Waals surface area contributed by atoms with Crippen molar-refractivity contribution in [2.75, 3.05) is 7.11 Å². The lowest BCUT2D eigenvalue weighted by atomic mass is 10.1. The first-order valence-corrected chi connectivity index (χ1v) is 7.23. The molecule has 0 spiro atoms. The first-order chi connectivity index (χ1) is 12.0. The molecule has 0 aliphatic rings. The van der Waals surface area contributed by atoms with Crippen LogP contribution < -0.4 is 5.48 Å². The van der Waals surface area contributed by atoms with Gasteiger partial charge >= 0.3 is 12.1 Å². The lowest BCUT2D eigenvalue weighted by Crippen LogP contribution is -2.10. The van der Waals surface area contributed by atoms with Gasteiger partial charge in [-0.1, -0.05) is 29.4 Å². The fourth-order valence-corrected chi connectivity index (χ4v) is 2.14. The first-order valence-electron chi connectivity index (χ1n) is 7.23. The predicted octanol–water partition coefficient (Wildman–Crippen LogP) is 2.65. The summed E-state index contributed by atoms with van der Waals surface area (Å²) in [5, 5.41) is 7.59. The van der Waals surface area contributed by atoms with Crippen LogP contribution in [-0.2, 0) is 24.1 Å². The van der Waals surface area contributed by atoms with E-state index in [2.05, 4.69) is 25.2 Å². The van der Waals surface area contributed by atoms with Crippen LogP contribution in [0.3, 0.4) is 0 Å². The zero-order valence-corrected chi connectivity index (χ0v) is 13.1. The Morgan fingerprint density at radius 2 is 1.96 bits per heavy atom. The van der Waals surface area contributed by atoms with Crippen LogP contribution in [0, 0.1) is 0 Å². The third kappa shape index (κ3) is 4.22. The van der Waals surface area contributed by atoms with E-state index in [4.69, 9.17) is 4.84 Å². The van der Waals surface area contributed by atoms with Gasteiger partial charge in [-0.05, 0) is 5.56 Å². The van der Waals surface area contributed by atoms with Crippen molar-refractivity contribution in [1.82, 2.24) is 25.4 Å². The summed E-state index contributed by atoms with van der Waals surface area (Å²) in [5.41, 5.74) is 5.05. The molecule has 2 aromatic heterocycles. The smallest absolute Gasteiger partial charge is 0.329 e. The standard InChI is InChI=1S/C15H14F3N5O2/c1-24-20-7-11-6-19-23(9-11)8-10-2-4-12(5-3-10)13-21-14(25-22-13)15(16,17)18/h2-6,9,20H,7-8H2,1H3. The Balaban J connectivity index is 1.68. The molecule has 0 saturated heterocycles. The Labute approximate surface area is 140 Å². The van der Waals surface area contributed by atoms with Crippen molar-refractivity contribution in [3.05, 3.63) is 53.7 Å². The van der Waals surface area contributed by atoms with E-state index < -0.39 is 12.1 Å². The van der Waals surface area contributed by atoms with Crippen LogP contribution in [0.2, 0.25) is 0 Å². The molecule has 0 bridgehead atoms. The molecular weight excluding hydrogens is 339 g/mol. The molecule has 0 aliphatic carbocycles. The average Bonchev–Trinajstić information content (AvgIpc) is 3.23. The highest BCUT2D eigenvalue weighted by molar-refractivity contribution is 5.54. The van der Waals surface area contributed by atoms with Gasteiger partial charge in [-0.3, -0.25) is 4.68 Å². The average molecular weight is 353 g/mol. The van der Waals surface area contributed by atoms with Gasteiger partial charge in [-0.2, -0.15) is 28.7 Å². The number of hydrogen-bond donors (Lipinski definition) is 1. The molecule has 3 aromatic rings. The van der Waals surface area contributed by atoms with Crippen molar-refractivity contribution < 1.29 is 22.5 Å².